The number of aryl methyl sites for hydroxylation is 2. The molecule has 2 aromatic rings. The SMILES string of the molecule is Cc1ccc(-n2nnnc2SCCOC[C@H]2CCCO2)cc1C. The van der Waals surface area contributed by atoms with Crippen LogP contribution in [0.15, 0.2) is 23.4 Å². The van der Waals surface area contributed by atoms with Crippen LogP contribution in [0.3, 0.4) is 0 Å². The second kappa shape index (κ2) is 7.90. The van der Waals surface area contributed by atoms with Crippen LogP contribution in [-0.2, 0) is 9.47 Å². The van der Waals surface area contributed by atoms with Crippen LogP contribution in [-0.4, -0.2) is 51.9 Å². The number of nitrogens with zero attached hydrogens (tertiary/aromatic N) is 4. The molecule has 6 nitrogen and oxygen atoms in total. The van der Waals surface area contributed by atoms with Crippen molar-refractivity contribution in [2.75, 3.05) is 25.6 Å². The first kappa shape index (κ1) is 16.4. The van der Waals surface area contributed by atoms with E-state index >= 15 is 0 Å². The Balaban J connectivity index is 1.51. The molecule has 1 saturated heterocycles. The van der Waals surface area contributed by atoms with E-state index in [1.54, 1.807) is 16.4 Å². The predicted molar refractivity (Wildman–Crippen MR) is 89.1 cm³/mol. The zero-order valence-corrected chi connectivity index (χ0v) is 14.4. The lowest BCUT2D eigenvalue weighted by atomic mass is 10.1. The fourth-order valence-electron chi connectivity index (χ4n) is 2.47. The monoisotopic (exact) mass is 334 g/mol. The third kappa shape index (κ3) is 4.31. The van der Waals surface area contributed by atoms with Gasteiger partial charge in [-0.05, 0) is 60.4 Å². The molecule has 0 N–H and O–H groups in total. The van der Waals surface area contributed by atoms with E-state index < -0.39 is 0 Å². The van der Waals surface area contributed by atoms with Crippen LogP contribution in [0.2, 0.25) is 0 Å². The second-order valence-corrected chi connectivity index (χ2v) is 6.76. The van der Waals surface area contributed by atoms with Gasteiger partial charge in [-0.2, -0.15) is 4.68 Å². The quantitative estimate of drug-likeness (QED) is 0.573. The van der Waals surface area contributed by atoms with E-state index in [4.69, 9.17) is 9.47 Å². The minimum atomic E-state index is 0.279. The van der Waals surface area contributed by atoms with Gasteiger partial charge in [0.15, 0.2) is 0 Å². The normalized spacial score (nSPS) is 17.7. The molecule has 7 heteroatoms. The van der Waals surface area contributed by atoms with Gasteiger partial charge < -0.3 is 9.47 Å². The Hall–Kier alpha value is -1.44. The minimum absolute atomic E-state index is 0.279. The molecule has 0 spiro atoms. The van der Waals surface area contributed by atoms with Gasteiger partial charge in [0.1, 0.15) is 0 Å². The van der Waals surface area contributed by atoms with E-state index in [2.05, 4.69) is 41.5 Å². The van der Waals surface area contributed by atoms with Crippen molar-refractivity contribution in [1.82, 2.24) is 20.2 Å². The molecule has 1 fully saturated rings. The number of tetrazole rings is 1. The molecule has 0 amide bonds. The van der Waals surface area contributed by atoms with Crippen LogP contribution in [0.4, 0.5) is 0 Å². The van der Waals surface area contributed by atoms with Gasteiger partial charge in [0, 0.05) is 12.4 Å². The average Bonchev–Trinajstić information content (AvgIpc) is 3.21. The predicted octanol–water partition coefficient (Wildman–Crippen LogP) is 2.57. The second-order valence-electron chi connectivity index (χ2n) is 5.70. The van der Waals surface area contributed by atoms with Gasteiger partial charge in [0.25, 0.3) is 0 Å². The molecule has 0 aliphatic carbocycles. The van der Waals surface area contributed by atoms with Gasteiger partial charge in [-0.3, -0.25) is 0 Å². The van der Waals surface area contributed by atoms with Crippen molar-refractivity contribution in [2.24, 2.45) is 0 Å². The number of thioether (sulfide) groups is 1. The number of benzene rings is 1. The highest BCUT2D eigenvalue weighted by Crippen LogP contribution is 2.20. The van der Waals surface area contributed by atoms with Crippen molar-refractivity contribution >= 4 is 11.8 Å². The summed E-state index contributed by atoms with van der Waals surface area (Å²) in [6, 6.07) is 6.23. The third-order valence-electron chi connectivity index (χ3n) is 3.96. The van der Waals surface area contributed by atoms with Gasteiger partial charge in [-0.1, -0.05) is 17.8 Å². The summed E-state index contributed by atoms with van der Waals surface area (Å²) in [5.41, 5.74) is 3.48. The first-order valence-electron chi connectivity index (χ1n) is 7.92. The summed E-state index contributed by atoms with van der Waals surface area (Å²) >= 11 is 1.60. The fourth-order valence-corrected chi connectivity index (χ4v) is 3.21. The molecule has 1 atom stereocenters. The Morgan fingerprint density at radius 1 is 1.35 bits per heavy atom. The van der Waals surface area contributed by atoms with E-state index in [0.717, 1.165) is 36.0 Å². The van der Waals surface area contributed by atoms with Crippen LogP contribution in [0.5, 0.6) is 0 Å². The highest BCUT2D eigenvalue weighted by Gasteiger charge is 2.15. The maximum atomic E-state index is 5.67. The zero-order chi connectivity index (χ0) is 16.1. The summed E-state index contributed by atoms with van der Waals surface area (Å²) in [4.78, 5) is 0. The topological polar surface area (TPSA) is 62.1 Å². The van der Waals surface area contributed by atoms with Gasteiger partial charge in [0.05, 0.1) is 25.0 Å². The lowest BCUT2D eigenvalue weighted by molar-refractivity contribution is 0.0226. The molecule has 0 radical (unpaired) electrons. The zero-order valence-electron chi connectivity index (χ0n) is 13.6. The van der Waals surface area contributed by atoms with E-state index in [0.29, 0.717) is 13.2 Å². The largest absolute Gasteiger partial charge is 0.378 e. The molecule has 2 heterocycles. The maximum absolute atomic E-state index is 5.67. The van der Waals surface area contributed by atoms with Crippen LogP contribution in [0.25, 0.3) is 5.69 Å². The lowest BCUT2D eigenvalue weighted by Crippen LogP contribution is -2.15. The van der Waals surface area contributed by atoms with Gasteiger partial charge >= 0.3 is 0 Å². The van der Waals surface area contributed by atoms with Crippen molar-refractivity contribution in [1.29, 1.82) is 0 Å². The van der Waals surface area contributed by atoms with E-state index in [9.17, 15) is 0 Å². The molecule has 0 saturated carbocycles. The molecular weight excluding hydrogens is 312 g/mol. The molecular formula is C16H22N4O2S. The summed E-state index contributed by atoms with van der Waals surface area (Å²) in [6.07, 6.45) is 2.53. The third-order valence-corrected chi connectivity index (χ3v) is 4.85. The first-order chi connectivity index (χ1) is 11.2. The van der Waals surface area contributed by atoms with Crippen LogP contribution >= 0.6 is 11.8 Å². The summed E-state index contributed by atoms with van der Waals surface area (Å²) in [6.45, 7) is 6.41. The Labute approximate surface area is 140 Å². The number of hydrogen-bond donors (Lipinski definition) is 0. The standard InChI is InChI=1S/C16H22N4O2S/c1-12-5-6-14(10-13(12)2)20-16(17-18-19-20)23-9-8-21-11-15-4-3-7-22-15/h5-6,10,15H,3-4,7-9,11H2,1-2H3/t15-/m1/s1. The number of ether oxygens (including phenoxy) is 2. The van der Waals surface area contributed by atoms with Crippen molar-refractivity contribution in [2.45, 2.75) is 37.9 Å². The average molecular weight is 334 g/mol. The molecule has 1 aromatic heterocycles. The Bertz CT molecular complexity index is 641. The van der Waals surface area contributed by atoms with E-state index in [1.807, 2.05) is 6.07 Å². The first-order valence-corrected chi connectivity index (χ1v) is 8.91. The Morgan fingerprint density at radius 3 is 3.04 bits per heavy atom. The Morgan fingerprint density at radius 2 is 2.26 bits per heavy atom. The van der Waals surface area contributed by atoms with E-state index in [1.165, 1.54) is 11.1 Å². The molecule has 124 valence electrons. The molecule has 1 aliphatic heterocycles. The summed E-state index contributed by atoms with van der Waals surface area (Å²) in [5.74, 6) is 0.817. The lowest BCUT2D eigenvalue weighted by Gasteiger charge is -2.10. The Kier molecular flexibility index (Phi) is 5.64. The van der Waals surface area contributed by atoms with Crippen LogP contribution in [0, 0.1) is 13.8 Å². The molecule has 3 rings (SSSR count). The molecule has 1 aliphatic rings. The van der Waals surface area contributed by atoms with Crippen LogP contribution < -0.4 is 0 Å². The van der Waals surface area contributed by atoms with E-state index in [-0.39, 0.29) is 6.10 Å². The fraction of sp³-hybridized carbons (Fsp3) is 0.562. The van der Waals surface area contributed by atoms with Gasteiger partial charge in [-0.15, -0.1) is 5.10 Å². The minimum Gasteiger partial charge on any atom is -0.378 e. The van der Waals surface area contributed by atoms with Crippen molar-refractivity contribution in [3.63, 3.8) is 0 Å². The molecule has 1 aromatic carbocycles. The summed E-state index contributed by atoms with van der Waals surface area (Å²) in [7, 11) is 0. The number of hydrogen-bond acceptors (Lipinski definition) is 6. The van der Waals surface area contributed by atoms with Crippen molar-refractivity contribution < 1.29 is 9.47 Å². The highest BCUT2D eigenvalue weighted by atomic mass is 32.2. The number of rotatable bonds is 7. The summed E-state index contributed by atoms with van der Waals surface area (Å²) in [5, 5.41) is 12.8. The molecule has 0 unspecified atom stereocenters. The molecule has 23 heavy (non-hydrogen) atoms. The van der Waals surface area contributed by atoms with Crippen molar-refractivity contribution in [3.05, 3.63) is 29.3 Å². The van der Waals surface area contributed by atoms with Crippen LogP contribution in [0.1, 0.15) is 24.0 Å². The van der Waals surface area contributed by atoms with Gasteiger partial charge in [0.2, 0.25) is 5.16 Å². The maximum Gasteiger partial charge on any atom is 0.214 e. The molecule has 0 bridgehead atoms. The summed E-state index contributed by atoms with van der Waals surface area (Å²) < 4.78 is 13.0. The van der Waals surface area contributed by atoms with Gasteiger partial charge in [-0.25, -0.2) is 0 Å². The van der Waals surface area contributed by atoms with Crippen molar-refractivity contribution in [3.8, 4) is 5.69 Å². The smallest absolute Gasteiger partial charge is 0.214 e. The highest BCUT2D eigenvalue weighted by molar-refractivity contribution is 7.99. The number of aromatic nitrogens is 4.